The van der Waals surface area contributed by atoms with E-state index in [1.807, 2.05) is 0 Å². The predicted molar refractivity (Wildman–Crippen MR) is 55.4 cm³/mol. The smallest absolute Gasteiger partial charge is 0.223 e. The molecule has 4 nitrogen and oxygen atoms in total. The zero-order chi connectivity index (χ0) is 10.7. The van der Waals surface area contributed by atoms with Crippen molar-refractivity contribution in [2.24, 2.45) is 5.92 Å². The second-order valence-electron chi connectivity index (χ2n) is 4.67. The molecule has 1 saturated heterocycles. The summed E-state index contributed by atoms with van der Waals surface area (Å²) in [6.45, 7) is 1.44. The van der Waals surface area contributed by atoms with Crippen LogP contribution in [0.4, 0.5) is 0 Å². The maximum absolute atomic E-state index is 11.9. The highest BCUT2D eigenvalue weighted by atomic mass is 16.5. The molecule has 0 aromatic rings. The Balaban J connectivity index is 1.85. The molecule has 0 spiro atoms. The molecule has 15 heavy (non-hydrogen) atoms. The van der Waals surface area contributed by atoms with Crippen LogP contribution in [-0.4, -0.2) is 36.4 Å². The van der Waals surface area contributed by atoms with E-state index in [1.54, 1.807) is 0 Å². The summed E-state index contributed by atoms with van der Waals surface area (Å²) in [6, 6.07) is 0. The number of hydrogen-bond donors (Lipinski definition) is 2. The average Bonchev–Trinajstić information content (AvgIpc) is 2.24. The van der Waals surface area contributed by atoms with Crippen molar-refractivity contribution in [1.82, 2.24) is 5.32 Å². The topological polar surface area (TPSA) is 58.6 Å². The molecular formula is C11H19NO3. The molecule has 0 bridgehead atoms. The number of carbonyl (C=O) groups excluding carboxylic acids is 1. The molecule has 4 heteroatoms. The Hall–Kier alpha value is -0.610. The zero-order valence-corrected chi connectivity index (χ0v) is 9.00. The lowest BCUT2D eigenvalue weighted by molar-refractivity contribution is -0.131. The maximum atomic E-state index is 11.9. The largest absolute Gasteiger partial charge is 0.394 e. The van der Waals surface area contributed by atoms with Crippen molar-refractivity contribution in [1.29, 1.82) is 0 Å². The second kappa shape index (κ2) is 4.49. The molecular weight excluding hydrogens is 194 g/mol. The number of ether oxygens (including phenoxy) is 1. The molecule has 2 rings (SSSR count). The van der Waals surface area contributed by atoms with Crippen molar-refractivity contribution in [3.63, 3.8) is 0 Å². The van der Waals surface area contributed by atoms with Crippen molar-refractivity contribution < 1.29 is 14.6 Å². The van der Waals surface area contributed by atoms with Gasteiger partial charge in [0.1, 0.15) is 0 Å². The molecule has 2 N–H and O–H groups in total. The summed E-state index contributed by atoms with van der Waals surface area (Å²) in [5.41, 5.74) is -0.296. The molecule has 2 fully saturated rings. The Kier molecular flexibility index (Phi) is 3.26. The van der Waals surface area contributed by atoms with E-state index in [4.69, 9.17) is 4.74 Å². The molecule has 1 aliphatic carbocycles. The monoisotopic (exact) mass is 213 g/mol. The number of amides is 1. The van der Waals surface area contributed by atoms with Crippen LogP contribution in [-0.2, 0) is 9.53 Å². The summed E-state index contributed by atoms with van der Waals surface area (Å²) in [4.78, 5) is 11.9. The summed E-state index contributed by atoms with van der Waals surface area (Å²) < 4.78 is 5.22. The van der Waals surface area contributed by atoms with Gasteiger partial charge in [0.25, 0.3) is 0 Å². The van der Waals surface area contributed by atoms with Crippen LogP contribution in [0.1, 0.15) is 32.1 Å². The zero-order valence-electron chi connectivity index (χ0n) is 9.00. The van der Waals surface area contributed by atoms with E-state index in [0.29, 0.717) is 13.2 Å². The number of carbonyl (C=O) groups is 1. The summed E-state index contributed by atoms with van der Waals surface area (Å²) in [7, 11) is 0. The number of nitrogens with one attached hydrogen (secondary N) is 1. The third-order valence-electron chi connectivity index (χ3n) is 3.59. The quantitative estimate of drug-likeness (QED) is 0.715. The van der Waals surface area contributed by atoms with E-state index in [0.717, 1.165) is 32.1 Å². The standard InChI is InChI=1S/C11H19NO3/c13-8-11(4-1-5-11)12-10(14)9-2-6-15-7-3-9/h9,13H,1-8H2,(H,12,14). The van der Waals surface area contributed by atoms with Gasteiger partial charge in [-0.1, -0.05) is 0 Å². The Morgan fingerprint density at radius 2 is 2.07 bits per heavy atom. The SMILES string of the molecule is O=C(NC1(CO)CCC1)C1CCOCC1. The third kappa shape index (κ3) is 2.32. The number of aliphatic hydroxyl groups is 1. The fourth-order valence-corrected chi connectivity index (χ4v) is 2.25. The van der Waals surface area contributed by atoms with Gasteiger partial charge in [-0.3, -0.25) is 4.79 Å². The van der Waals surface area contributed by atoms with Gasteiger partial charge in [0.15, 0.2) is 0 Å². The van der Waals surface area contributed by atoms with Crippen LogP contribution >= 0.6 is 0 Å². The van der Waals surface area contributed by atoms with Gasteiger partial charge >= 0.3 is 0 Å². The maximum Gasteiger partial charge on any atom is 0.223 e. The van der Waals surface area contributed by atoms with Crippen molar-refractivity contribution in [3.05, 3.63) is 0 Å². The molecule has 0 unspecified atom stereocenters. The minimum atomic E-state index is -0.296. The van der Waals surface area contributed by atoms with Crippen LogP contribution in [0.15, 0.2) is 0 Å². The summed E-state index contributed by atoms with van der Waals surface area (Å²) in [6.07, 6.45) is 4.56. The minimum absolute atomic E-state index is 0.0714. The highest BCUT2D eigenvalue weighted by molar-refractivity contribution is 5.79. The number of aliphatic hydroxyl groups excluding tert-OH is 1. The lowest BCUT2D eigenvalue weighted by Crippen LogP contribution is -2.57. The van der Waals surface area contributed by atoms with E-state index in [1.165, 1.54) is 0 Å². The van der Waals surface area contributed by atoms with Gasteiger partial charge in [-0.2, -0.15) is 0 Å². The first-order valence-corrected chi connectivity index (χ1v) is 5.76. The summed E-state index contributed by atoms with van der Waals surface area (Å²) in [5.74, 6) is 0.190. The first kappa shape index (κ1) is 10.9. The van der Waals surface area contributed by atoms with Crippen molar-refractivity contribution in [2.45, 2.75) is 37.6 Å². The van der Waals surface area contributed by atoms with Gasteiger partial charge in [-0.25, -0.2) is 0 Å². The summed E-state index contributed by atoms with van der Waals surface area (Å²) in [5, 5.41) is 12.2. The minimum Gasteiger partial charge on any atom is -0.394 e. The first-order chi connectivity index (χ1) is 7.26. The second-order valence-corrected chi connectivity index (χ2v) is 4.67. The normalized spacial score (nSPS) is 25.7. The molecule has 0 radical (unpaired) electrons. The van der Waals surface area contributed by atoms with E-state index >= 15 is 0 Å². The van der Waals surface area contributed by atoms with Crippen LogP contribution in [0.25, 0.3) is 0 Å². The number of rotatable bonds is 3. The molecule has 0 atom stereocenters. The van der Waals surface area contributed by atoms with Crippen LogP contribution < -0.4 is 5.32 Å². The van der Waals surface area contributed by atoms with Gasteiger partial charge in [0.05, 0.1) is 12.1 Å². The van der Waals surface area contributed by atoms with Crippen LogP contribution in [0.2, 0.25) is 0 Å². The third-order valence-corrected chi connectivity index (χ3v) is 3.59. The molecule has 0 aromatic heterocycles. The van der Waals surface area contributed by atoms with Gasteiger partial charge in [-0.15, -0.1) is 0 Å². The fourth-order valence-electron chi connectivity index (χ4n) is 2.25. The van der Waals surface area contributed by atoms with E-state index in [-0.39, 0.29) is 24.0 Å². The van der Waals surface area contributed by atoms with Gasteiger partial charge in [0, 0.05) is 19.1 Å². The van der Waals surface area contributed by atoms with Crippen molar-refractivity contribution in [2.75, 3.05) is 19.8 Å². The average molecular weight is 213 g/mol. The lowest BCUT2D eigenvalue weighted by atomic mass is 9.77. The molecule has 1 heterocycles. The first-order valence-electron chi connectivity index (χ1n) is 5.76. The molecule has 86 valence electrons. The fraction of sp³-hybridized carbons (Fsp3) is 0.909. The Labute approximate surface area is 90.0 Å². The molecule has 2 aliphatic rings. The Morgan fingerprint density at radius 1 is 1.40 bits per heavy atom. The summed E-state index contributed by atoms with van der Waals surface area (Å²) >= 11 is 0. The van der Waals surface area contributed by atoms with Gasteiger partial charge < -0.3 is 15.2 Å². The molecule has 1 saturated carbocycles. The van der Waals surface area contributed by atoms with E-state index in [9.17, 15) is 9.90 Å². The molecule has 1 amide bonds. The number of hydrogen-bond acceptors (Lipinski definition) is 3. The lowest BCUT2D eigenvalue weighted by Gasteiger charge is -2.42. The molecule has 1 aliphatic heterocycles. The van der Waals surface area contributed by atoms with E-state index < -0.39 is 0 Å². The van der Waals surface area contributed by atoms with Gasteiger partial charge in [-0.05, 0) is 32.1 Å². The van der Waals surface area contributed by atoms with E-state index in [2.05, 4.69) is 5.32 Å². The van der Waals surface area contributed by atoms with Gasteiger partial charge in [0.2, 0.25) is 5.91 Å². The van der Waals surface area contributed by atoms with Crippen molar-refractivity contribution >= 4 is 5.91 Å². The Bertz CT molecular complexity index is 226. The highest BCUT2D eigenvalue weighted by Crippen LogP contribution is 2.32. The highest BCUT2D eigenvalue weighted by Gasteiger charge is 2.39. The van der Waals surface area contributed by atoms with Crippen LogP contribution in [0.5, 0.6) is 0 Å². The van der Waals surface area contributed by atoms with Crippen LogP contribution in [0, 0.1) is 5.92 Å². The molecule has 0 aromatic carbocycles. The van der Waals surface area contributed by atoms with Crippen LogP contribution in [0.3, 0.4) is 0 Å². The Morgan fingerprint density at radius 3 is 2.53 bits per heavy atom. The predicted octanol–water partition coefficient (Wildman–Crippen LogP) is 0.444. The van der Waals surface area contributed by atoms with Crippen molar-refractivity contribution in [3.8, 4) is 0 Å².